The number of ether oxygens (including phenoxy) is 4. The monoisotopic (exact) mass is 544 g/mol. The van der Waals surface area contributed by atoms with E-state index in [1.165, 1.54) is 25.6 Å². The minimum absolute atomic E-state index is 0.0749. The summed E-state index contributed by atoms with van der Waals surface area (Å²) in [6, 6.07) is 6.14. The van der Waals surface area contributed by atoms with Crippen molar-refractivity contribution in [2.75, 3.05) is 45.1 Å². The highest BCUT2D eigenvalue weighted by atomic mass is 32.1. The molecule has 38 heavy (non-hydrogen) atoms. The highest BCUT2D eigenvalue weighted by Gasteiger charge is 2.22. The Bertz CT molecular complexity index is 1220. The van der Waals surface area contributed by atoms with Gasteiger partial charge in [0, 0.05) is 24.5 Å². The molecule has 3 aromatic rings. The molecule has 0 aliphatic rings. The van der Waals surface area contributed by atoms with Crippen molar-refractivity contribution < 1.29 is 23.7 Å². The van der Waals surface area contributed by atoms with Crippen LogP contribution in [0.5, 0.6) is 28.5 Å². The number of nitrogens with one attached hydrogen (secondary N) is 3. The average Bonchev–Trinajstić information content (AvgIpc) is 3.35. The van der Waals surface area contributed by atoms with Crippen LogP contribution in [0.2, 0.25) is 0 Å². The zero-order valence-electron chi connectivity index (χ0n) is 23.1. The summed E-state index contributed by atoms with van der Waals surface area (Å²) in [6.07, 6.45) is 0. The van der Waals surface area contributed by atoms with Crippen molar-refractivity contribution in [3.8, 4) is 28.5 Å². The fourth-order valence-corrected chi connectivity index (χ4v) is 4.00. The first-order chi connectivity index (χ1) is 18.0. The van der Waals surface area contributed by atoms with Crippen LogP contribution in [0.4, 0.5) is 11.6 Å². The molecule has 2 aromatic heterocycles. The van der Waals surface area contributed by atoms with Crippen molar-refractivity contribution in [3.63, 3.8) is 0 Å². The third-order valence-electron chi connectivity index (χ3n) is 5.37. The standard InChI is InChI=1S/C26H36N6O5S/c1-15(2)27-11-12-28-24-31-22(35-7)20(23(32-24)36-8)30-21(33)17-14-38-25(29-17)37-19-13-16(26(3,4)5)9-10-18(19)34-6/h9-10,13-15,27H,11-12H2,1-8H3,(H,30,33)(H,28,31,32). The zero-order valence-corrected chi connectivity index (χ0v) is 23.9. The number of hydrogen-bond donors (Lipinski definition) is 3. The third-order valence-corrected chi connectivity index (χ3v) is 6.09. The summed E-state index contributed by atoms with van der Waals surface area (Å²) < 4.78 is 22.2. The molecule has 2 heterocycles. The maximum Gasteiger partial charge on any atom is 0.279 e. The molecule has 0 bridgehead atoms. The largest absolute Gasteiger partial charge is 0.493 e. The molecule has 3 N–H and O–H groups in total. The van der Waals surface area contributed by atoms with Crippen molar-refractivity contribution in [1.29, 1.82) is 0 Å². The lowest BCUT2D eigenvalue weighted by Crippen LogP contribution is -2.28. The van der Waals surface area contributed by atoms with Crippen molar-refractivity contribution in [1.82, 2.24) is 20.3 Å². The van der Waals surface area contributed by atoms with Crippen LogP contribution in [0.3, 0.4) is 0 Å². The Morgan fingerprint density at radius 2 is 1.66 bits per heavy atom. The Hall–Kier alpha value is -3.64. The molecule has 3 rings (SSSR count). The second-order valence-corrected chi connectivity index (χ2v) is 10.5. The van der Waals surface area contributed by atoms with E-state index in [1.54, 1.807) is 12.5 Å². The Kier molecular flexibility index (Phi) is 9.70. The Labute approximate surface area is 227 Å². The van der Waals surface area contributed by atoms with Gasteiger partial charge in [-0.05, 0) is 23.1 Å². The number of amides is 1. The summed E-state index contributed by atoms with van der Waals surface area (Å²) in [7, 11) is 4.48. The summed E-state index contributed by atoms with van der Waals surface area (Å²) in [5, 5.41) is 11.1. The molecule has 11 nitrogen and oxygen atoms in total. The molecule has 1 amide bonds. The van der Waals surface area contributed by atoms with Crippen LogP contribution in [-0.2, 0) is 5.41 Å². The van der Waals surface area contributed by atoms with Gasteiger partial charge in [0.05, 0.1) is 21.3 Å². The van der Waals surface area contributed by atoms with Crippen molar-refractivity contribution in [3.05, 3.63) is 34.8 Å². The number of thiazole rings is 1. The summed E-state index contributed by atoms with van der Waals surface area (Å²) >= 11 is 1.19. The molecule has 1 aromatic carbocycles. The topological polar surface area (TPSA) is 129 Å². The van der Waals surface area contributed by atoms with E-state index < -0.39 is 5.91 Å². The number of aromatic nitrogens is 3. The summed E-state index contributed by atoms with van der Waals surface area (Å²) in [4.78, 5) is 26.1. The molecule has 12 heteroatoms. The third kappa shape index (κ3) is 7.45. The van der Waals surface area contributed by atoms with Crippen LogP contribution in [0.15, 0.2) is 23.6 Å². The fraction of sp³-hybridized carbons (Fsp3) is 0.462. The number of nitrogens with zero attached hydrogens (tertiary/aromatic N) is 3. The average molecular weight is 545 g/mol. The Balaban J connectivity index is 1.76. The zero-order chi connectivity index (χ0) is 27.9. The lowest BCUT2D eigenvalue weighted by atomic mass is 9.87. The van der Waals surface area contributed by atoms with E-state index in [2.05, 4.69) is 65.5 Å². The minimum Gasteiger partial charge on any atom is -0.493 e. The van der Waals surface area contributed by atoms with Crippen molar-refractivity contribution >= 4 is 28.9 Å². The smallest absolute Gasteiger partial charge is 0.279 e. The molecule has 0 unspecified atom stereocenters. The van der Waals surface area contributed by atoms with E-state index in [0.717, 1.165) is 12.1 Å². The maximum atomic E-state index is 13.0. The number of hydrogen-bond acceptors (Lipinski definition) is 11. The van der Waals surface area contributed by atoms with Gasteiger partial charge in [0.2, 0.25) is 17.7 Å². The predicted octanol–water partition coefficient (Wildman–Crippen LogP) is 4.71. The SMILES string of the molecule is COc1ccc(C(C)(C)C)cc1Oc1nc(C(=O)Nc2c(OC)nc(NCCNC(C)C)nc2OC)cs1. The first-order valence-corrected chi connectivity index (χ1v) is 13.0. The van der Waals surface area contributed by atoms with E-state index in [4.69, 9.17) is 18.9 Å². The molecule has 0 aliphatic carbocycles. The van der Waals surface area contributed by atoms with Crippen LogP contribution >= 0.6 is 11.3 Å². The molecular formula is C26H36N6O5S. The summed E-state index contributed by atoms with van der Waals surface area (Å²) in [6.45, 7) is 11.8. The molecule has 0 radical (unpaired) electrons. The van der Waals surface area contributed by atoms with Gasteiger partial charge in [0.1, 0.15) is 5.69 Å². The van der Waals surface area contributed by atoms with Crippen LogP contribution in [0, 0.1) is 0 Å². The first kappa shape index (κ1) is 28.9. The normalized spacial score (nSPS) is 11.3. The van der Waals surface area contributed by atoms with Gasteiger partial charge in [0.25, 0.3) is 11.1 Å². The predicted molar refractivity (Wildman–Crippen MR) is 149 cm³/mol. The molecule has 0 atom stereocenters. The first-order valence-electron chi connectivity index (χ1n) is 12.2. The van der Waals surface area contributed by atoms with Gasteiger partial charge < -0.3 is 34.9 Å². The highest BCUT2D eigenvalue weighted by Crippen LogP contribution is 2.37. The minimum atomic E-state index is -0.492. The quantitative estimate of drug-likeness (QED) is 0.276. The van der Waals surface area contributed by atoms with Crippen LogP contribution in [-0.4, -0.2) is 61.3 Å². The second-order valence-electron chi connectivity index (χ2n) is 9.65. The lowest BCUT2D eigenvalue weighted by molar-refractivity contribution is 0.102. The van der Waals surface area contributed by atoms with Gasteiger partial charge >= 0.3 is 0 Å². The highest BCUT2D eigenvalue weighted by molar-refractivity contribution is 7.11. The maximum absolute atomic E-state index is 13.0. The van der Waals surface area contributed by atoms with E-state index >= 15 is 0 Å². The van der Waals surface area contributed by atoms with E-state index in [-0.39, 0.29) is 28.6 Å². The number of carbonyl (C=O) groups is 1. The summed E-state index contributed by atoms with van der Waals surface area (Å²) in [5.41, 5.74) is 1.35. The Morgan fingerprint density at radius 1 is 0.974 bits per heavy atom. The number of rotatable bonds is 12. The van der Waals surface area contributed by atoms with Gasteiger partial charge in [-0.25, -0.2) is 0 Å². The lowest BCUT2D eigenvalue weighted by Gasteiger charge is -2.20. The van der Waals surface area contributed by atoms with Crippen LogP contribution < -0.4 is 34.9 Å². The van der Waals surface area contributed by atoms with Gasteiger partial charge in [0.15, 0.2) is 17.2 Å². The molecule has 206 valence electrons. The van der Waals surface area contributed by atoms with E-state index in [1.807, 2.05) is 18.2 Å². The van der Waals surface area contributed by atoms with Gasteiger partial charge in [-0.3, -0.25) is 4.79 Å². The molecular weight excluding hydrogens is 508 g/mol. The van der Waals surface area contributed by atoms with Gasteiger partial charge in [-0.2, -0.15) is 15.0 Å². The van der Waals surface area contributed by atoms with E-state index in [9.17, 15) is 4.79 Å². The molecule has 0 saturated carbocycles. The second kappa shape index (κ2) is 12.7. The van der Waals surface area contributed by atoms with Gasteiger partial charge in [-0.15, -0.1) is 0 Å². The molecule has 0 fully saturated rings. The van der Waals surface area contributed by atoms with Crippen LogP contribution in [0.1, 0.15) is 50.7 Å². The summed E-state index contributed by atoms with van der Waals surface area (Å²) in [5.74, 6) is 1.22. The van der Waals surface area contributed by atoms with Crippen molar-refractivity contribution in [2.45, 2.75) is 46.1 Å². The fourth-order valence-electron chi connectivity index (χ4n) is 3.34. The molecule has 0 spiro atoms. The van der Waals surface area contributed by atoms with Gasteiger partial charge in [-0.1, -0.05) is 52.0 Å². The number of benzene rings is 1. The van der Waals surface area contributed by atoms with Crippen LogP contribution in [0.25, 0.3) is 0 Å². The molecule has 0 aliphatic heterocycles. The number of methoxy groups -OCH3 is 3. The molecule has 0 saturated heterocycles. The number of anilines is 2. The number of carbonyl (C=O) groups excluding carboxylic acids is 1. The van der Waals surface area contributed by atoms with E-state index in [0.29, 0.717) is 35.2 Å². The van der Waals surface area contributed by atoms with Crippen molar-refractivity contribution in [2.24, 2.45) is 0 Å². The Morgan fingerprint density at radius 3 is 2.24 bits per heavy atom.